The molecular weight excluding hydrogens is 302 g/mol. The summed E-state index contributed by atoms with van der Waals surface area (Å²) in [4.78, 5) is 2.44. The van der Waals surface area contributed by atoms with Gasteiger partial charge in [0.2, 0.25) is 0 Å². The number of aliphatic hydroxyl groups is 1. The smallest absolute Gasteiger partial charge is 0.0782 e. The number of aliphatic hydroxyl groups excluding tert-OH is 1. The van der Waals surface area contributed by atoms with Crippen molar-refractivity contribution in [1.82, 2.24) is 0 Å². The van der Waals surface area contributed by atoms with Gasteiger partial charge in [-0.3, -0.25) is 0 Å². The number of rotatable bonds is 4. The Labute approximate surface area is 124 Å². The van der Waals surface area contributed by atoms with Crippen LogP contribution >= 0.6 is 15.9 Å². The molecule has 19 heavy (non-hydrogen) atoms. The molecule has 1 N–H and O–H groups in total. The average Bonchev–Trinajstić information content (AvgIpc) is 2.83. The third-order valence-corrected chi connectivity index (χ3v) is 5.21. The maximum absolute atomic E-state index is 9.96. The molecule has 1 saturated heterocycles. The molecule has 0 aliphatic carbocycles. The highest BCUT2D eigenvalue weighted by Gasteiger charge is 2.35. The molecule has 1 unspecified atom stereocenters. The molecule has 0 spiro atoms. The summed E-state index contributed by atoms with van der Waals surface area (Å²) in [6.45, 7) is 8.64. The van der Waals surface area contributed by atoms with Gasteiger partial charge in [-0.15, -0.1) is 0 Å². The van der Waals surface area contributed by atoms with Crippen molar-refractivity contribution >= 4 is 21.6 Å². The Balaban J connectivity index is 2.30. The number of anilines is 1. The second-order valence-corrected chi connectivity index (χ2v) is 6.67. The Morgan fingerprint density at radius 2 is 2.05 bits per heavy atom. The van der Waals surface area contributed by atoms with E-state index in [1.807, 2.05) is 19.1 Å². The molecule has 1 aliphatic rings. The van der Waals surface area contributed by atoms with Gasteiger partial charge in [0, 0.05) is 28.8 Å². The van der Waals surface area contributed by atoms with Crippen molar-refractivity contribution in [2.45, 2.75) is 46.1 Å². The van der Waals surface area contributed by atoms with Crippen LogP contribution in [0.3, 0.4) is 0 Å². The van der Waals surface area contributed by atoms with E-state index in [9.17, 15) is 5.11 Å². The molecule has 0 amide bonds. The van der Waals surface area contributed by atoms with Crippen LogP contribution in [0.1, 0.15) is 51.7 Å². The Morgan fingerprint density at radius 3 is 2.58 bits per heavy atom. The number of nitrogens with zero attached hydrogens (tertiary/aromatic N) is 1. The summed E-state index contributed by atoms with van der Waals surface area (Å²) in [5, 5.41) is 9.96. The van der Waals surface area contributed by atoms with E-state index in [0.29, 0.717) is 5.41 Å². The van der Waals surface area contributed by atoms with Crippen LogP contribution in [-0.4, -0.2) is 18.2 Å². The van der Waals surface area contributed by atoms with Gasteiger partial charge >= 0.3 is 0 Å². The molecule has 1 aromatic rings. The molecule has 0 saturated carbocycles. The van der Waals surface area contributed by atoms with Crippen molar-refractivity contribution in [2.24, 2.45) is 5.41 Å². The van der Waals surface area contributed by atoms with Gasteiger partial charge in [-0.05, 0) is 43.7 Å². The van der Waals surface area contributed by atoms with Crippen molar-refractivity contribution in [3.8, 4) is 0 Å². The van der Waals surface area contributed by atoms with Gasteiger partial charge in [0.15, 0.2) is 0 Å². The van der Waals surface area contributed by atoms with E-state index in [-0.39, 0.29) is 0 Å². The van der Waals surface area contributed by atoms with Gasteiger partial charge in [0.05, 0.1) is 6.10 Å². The van der Waals surface area contributed by atoms with Crippen LogP contribution < -0.4 is 4.90 Å². The summed E-state index contributed by atoms with van der Waals surface area (Å²) >= 11 is 3.55. The third-order valence-electron chi connectivity index (χ3n) is 4.72. The molecule has 1 aromatic carbocycles. The van der Waals surface area contributed by atoms with Crippen LogP contribution in [0.4, 0.5) is 5.69 Å². The normalized spacial score (nSPS) is 19.7. The van der Waals surface area contributed by atoms with Gasteiger partial charge in [-0.2, -0.15) is 0 Å². The largest absolute Gasteiger partial charge is 0.389 e. The van der Waals surface area contributed by atoms with Crippen molar-refractivity contribution < 1.29 is 5.11 Å². The summed E-state index contributed by atoms with van der Waals surface area (Å²) in [6.07, 6.45) is 3.31. The second-order valence-electron chi connectivity index (χ2n) is 5.76. The van der Waals surface area contributed by atoms with Crippen LogP contribution in [0.5, 0.6) is 0 Å². The molecule has 1 fully saturated rings. The summed E-state index contributed by atoms with van der Waals surface area (Å²) in [5.41, 5.74) is 2.68. The maximum Gasteiger partial charge on any atom is 0.0782 e. The fourth-order valence-corrected chi connectivity index (χ4v) is 3.46. The lowest BCUT2D eigenvalue weighted by Crippen LogP contribution is -2.27. The molecular formula is C16H24BrNO. The van der Waals surface area contributed by atoms with E-state index >= 15 is 0 Å². The van der Waals surface area contributed by atoms with E-state index in [1.54, 1.807) is 0 Å². The summed E-state index contributed by atoms with van der Waals surface area (Å²) in [6, 6.07) is 6.18. The van der Waals surface area contributed by atoms with Crippen LogP contribution in [-0.2, 0) is 0 Å². The first kappa shape index (κ1) is 14.9. The molecule has 2 nitrogen and oxygen atoms in total. The first-order valence-electron chi connectivity index (χ1n) is 7.24. The Kier molecular flexibility index (Phi) is 4.57. The zero-order chi connectivity index (χ0) is 14.0. The number of hydrogen-bond acceptors (Lipinski definition) is 2. The molecule has 1 aliphatic heterocycles. The lowest BCUT2D eigenvalue weighted by Gasteiger charge is -2.28. The second kappa shape index (κ2) is 5.84. The topological polar surface area (TPSA) is 23.5 Å². The SMILES string of the molecule is CCC1(CC)CCN(c2cc(Br)ccc2C(C)O)C1. The fourth-order valence-electron chi connectivity index (χ4n) is 3.11. The highest BCUT2D eigenvalue weighted by molar-refractivity contribution is 9.10. The zero-order valence-corrected chi connectivity index (χ0v) is 13.7. The molecule has 106 valence electrons. The number of halogens is 1. The minimum absolute atomic E-state index is 0.415. The van der Waals surface area contributed by atoms with E-state index in [1.165, 1.54) is 24.9 Å². The molecule has 0 aromatic heterocycles. The van der Waals surface area contributed by atoms with Crippen LogP contribution in [0, 0.1) is 5.41 Å². The van der Waals surface area contributed by atoms with Crippen molar-refractivity contribution in [3.05, 3.63) is 28.2 Å². The molecule has 1 atom stereocenters. The van der Waals surface area contributed by atoms with Crippen LogP contribution in [0.15, 0.2) is 22.7 Å². The third kappa shape index (κ3) is 2.97. The van der Waals surface area contributed by atoms with Crippen LogP contribution in [0.25, 0.3) is 0 Å². The molecule has 2 rings (SSSR count). The maximum atomic E-state index is 9.96. The molecule has 0 radical (unpaired) electrons. The van der Waals surface area contributed by atoms with Gasteiger partial charge in [0.1, 0.15) is 0 Å². The Bertz CT molecular complexity index is 440. The van der Waals surface area contributed by atoms with Crippen molar-refractivity contribution in [2.75, 3.05) is 18.0 Å². The van der Waals surface area contributed by atoms with E-state index < -0.39 is 6.10 Å². The van der Waals surface area contributed by atoms with E-state index in [0.717, 1.165) is 23.1 Å². The predicted molar refractivity (Wildman–Crippen MR) is 84.6 cm³/mol. The quantitative estimate of drug-likeness (QED) is 0.879. The monoisotopic (exact) mass is 325 g/mol. The van der Waals surface area contributed by atoms with Gasteiger partial charge < -0.3 is 10.0 Å². The zero-order valence-electron chi connectivity index (χ0n) is 12.1. The van der Waals surface area contributed by atoms with Gasteiger partial charge in [0.25, 0.3) is 0 Å². The molecule has 0 bridgehead atoms. The Hall–Kier alpha value is -0.540. The fraction of sp³-hybridized carbons (Fsp3) is 0.625. The minimum Gasteiger partial charge on any atom is -0.389 e. The van der Waals surface area contributed by atoms with Gasteiger partial charge in [-0.1, -0.05) is 35.8 Å². The highest BCUT2D eigenvalue weighted by Crippen LogP contribution is 2.41. The number of benzene rings is 1. The molecule has 3 heteroatoms. The van der Waals surface area contributed by atoms with Crippen molar-refractivity contribution in [1.29, 1.82) is 0 Å². The van der Waals surface area contributed by atoms with Crippen LogP contribution in [0.2, 0.25) is 0 Å². The summed E-state index contributed by atoms with van der Waals surface area (Å²) in [5.74, 6) is 0. The molecule has 1 heterocycles. The first-order chi connectivity index (χ1) is 9.01. The minimum atomic E-state index is -0.415. The summed E-state index contributed by atoms with van der Waals surface area (Å²) in [7, 11) is 0. The lowest BCUT2D eigenvalue weighted by molar-refractivity contribution is 0.199. The predicted octanol–water partition coefficient (Wildman–Crippen LogP) is 4.52. The standard InChI is InChI=1S/C16H24BrNO/c1-4-16(5-2)8-9-18(11-16)15-10-13(17)6-7-14(15)12(3)19/h6-7,10,12,19H,4-5,8-9,11H2,1-3H3. The van der Waals surface area contributed by atoms with Gasteiger partial charge in [-0.25, -0.2) is 0 Å². The lowest BCUT2D eigenvalue weighted by atomic mass is 9.82. The Morgan fingerprint density at radius 1 is 1.37 bits per heavy atom. The van der Waals surface area contributed by atoms with E-state index in [4.69, 9.17) is 0 Å². The van der Waals surface area contributed by atoms with Crippen molar-refractivity contribution in [3.63, 3.8) is 0 Å². The average molecular weight is 326 g/mol. The highest BCUT2D eigenvalue weighted by atomic mass is 79.9. The number of hydrogen-bond donors (Lipinski definition) is 1. The summed E-state index contributed by atoms with van der Waals surface area (Å²) < 4.78 is 1.08. The first-order valence-corrected chi connectivity index (χ1v) is 8.03. The van der Waals surface area contributed by atoms with E-state index in [2.05, 4.69) is 40.7 Å².